The normalized spacial score (nSPS) is 12.5. The third-order valence-electron chi connectivity index (χ3n) is 5.19. The van der Waals surface area contributed by atoms with Gasteiger partial charge in [0.05, 0.1) is 18.9 Å². The zero-order valence-electron chi connectivity index (χ0n) is 20.3. The second-order valence-corrected chi connectivity index (χ2v) is 10.5. The number of hydrogen-bond acceptors (Lipinski definition) is 5. The minimum Gasteiger partial charge on any atom is -0.379 e. The first kappa shape index (κ1) is 27.5. The van der Waals surface area contributed by atoms with Gasteiger partial charge in [0, 0.05) is 26.7 Å². The summed E-state index contributed by atoms with van der Waals surface area (Å²) in [5.74, 6) is -0.800. The van der Waals surface area contributed by atoms with E-state index in [1.54, 1.807) is 24.3 Å². The molecule has 0 unspecified atom stereocenters. The van der Waals surface area contributed by atoms with Gasteiger partial charge in [0.25, 0.3) is 0 Å². The summed E-state index contributed by atoms with van der Waals surface area (Å²) in [6.07, 6.45) is 1.79. The van der Waals surface area contributed by atoms with Crippen molar-refractivity contribution in [3.05, 3.63) is 71.8 Å². The van der Waals surface area contributed by atoms with Gasteiger partial charge in [0.15, 0.2) is 0 Å². The first-order valence-corrected chi connectivity index (χ1v) is 13.1. The van der Waals surface area contributed by atoms with E-state index in [4.69, 9.17) is 4.74 Å². The fourth-order valence-corrected chi connectivity index (χ4v) is 3.65. The molecule has 0 bridgehead atoms. The molecule has 0 aliphatic carbocycles. The van der Waals surface area contributed by atoms with Crippen molar-refractivity contribution in [2.45, 2.75) is 39.0 Å². The van der Waals surface area contributed by atoms with Gasteiger partial charge in [-0.15, -0.1) is 0 Å². The van der Waals surface area contributed by atoms with Crippen LogP contribution in [0.3, 0.4) is 0 Å². The number of carbonyl (C=O) groups is 2. The number of nitrogens with one attached hydrogen (secondary N) is 1. The molecule has 0 saturated heterocycles. The standard InChI is InChI=1S/C25H35N3O5S/c1-20(2)33-17-11-16-26-25(30)24(22-14-9-6-10-15-22)28(18-21-12-7-5-8-13-21)23(29)19-27(3)34(4,31)32/h5-10,12-15,20,24H,11,16-19H2,1-4H3,(H,26,30)/t24-/m0/s1. The minimum atomic E-state index is -3.57. The smallest absolute Gasteiger partial charge is 0.247 e. The largest absolute Gasteiger partial charge is 0.379 e. The van der Waals surface area contributed by atoms with E-state index in [1.165, 1.54) is 11.9 Å². The Balaban J connectivity index is 2.33. The molecule has 0 saturated carbocycles. The molecule has 0 aliphatic heterocycles. The quantitative estimate of drug-likeness (QED) is 0.436. The Morgan fingerprint density at radius 2 is 1.59 bits per heavy atom. The maximum absolute atomic E-state index is 13.4. The molecule has 0 fully saturated rings. The van der Waals surface area contributed by atoms with Gasteiger partial charge in [-0.1, -0.05) is 60.7 Å². The van der Waals surface area contributed by atoms with Crippen LogP contribution in [-0.2, 0) is 30.9 Å². The van der Waals surface area contributed by atoms with Gasteiger partial charge in [-0.25, -0.2) is 8.42 Å². The molecule has 2 aromatic rings. The number of likely N-dealkylation sites (N-methyl/N-ethyl adjacent to an activating group) is 1. The van der Waals surface area contributed by atoms with Crippen LogP contribution in [0.25, 0.3) is 0 Å². The highest BCUT2D eigenvalue weighted by Gasteiger charge is 2.32. The number of benzene rings is 2. The minimum absolute atomic E-state index is 0.110. The second kappa shape index (κ2) is 13.2. The molecule has 0 aliphatic rings. The summed E-state index contributed by atoms with van der Waals surface area (Å²) in [6, 6.07) is 17.4. The SMILES string of the molecule is CC(C)OCCCNC(=O)[C@H](c1ccccc1)N(Cc1ccccc1)C(=O)CN(C)S(C)(=O)=O. The van der Waals surface area contributed by atoms with Crippen LogP contribution < -0.4 is 5.32 Å². The van der Waals surface area contributed by atoms with Crippen LogP contribution in [0.1, 0.15) is 37.4 Å². The highest BCUT2D eigenvalue weighted by atomic mass is 32.2. The Morgan fingerprint density at radius 1 is 1.00 bits per heavy atom. The maximum atomic E-state index is 13.4. The van der Waals surface area contributed by atoms with Crippen molar-refractivity contribution in [3.8, 4) is 0 Å². The number of nitrogens with zero attached hydrogens (tertiary/aromatic N) is 2. The lowest BCUT2D eigenvalue weighted by Crippen LogP contribution is -2.47. The number of amides is 2. The van der Waals surface area contributed by atoms with Crippen LogP contribution in [0.4, 0.5) is 0 Å². The monoisotopic (exact) mass is 489 g/mol. The molecule has 186 valence electrons. The first-order chi connectivity index (χ1) is 16.1. The topological polar surface area (TPSA) is 96.0 Å². The van der Waals surface area contributed by atoms with Gasteiger partial charge in [-0.05, 0) is 31.4 Å². The third kappa shape index (κ3) is 8.89. The number of hydrogen-bond donors (Lipinski definition) is 1. The summed E-state index contributed by atoms with van der Waals surface area (Å²) in [5.41, 5.74) is 1.47. The van der Waals surface area contributed by atoms with Crippen molar-refractivity contribution in [3.63, 3.8) is 0 Å². The van der Waals surface area contributed by atoms with Gasteiger partial charge in [-0.3, -0.25) is 9.59 Å². The zero-order chi connectivity index (χ0) is 25.1. The molecule has 2 aromatic carbocycles. The van der Waals surface area contributed by atoms with E-state index in [0.717, 1.165) is 16.1 Å². The van der Waals surface area contributed by atoms with Crippen molar-refractivity contribution >= 4 is 21.8 Å². The Labute approximate surface area is 202 Å². The number of carbonyl (C=O) groups excluding carboxylic acids is 2. The van der Waals surface area contributed by atoms with Crippen LogP contribution >= 0.6 is 0 Å². The van der Waals surface area contributed by atoms with Gasteiger partial charge >= 0.3 is 0 Å². The lowest BCUT2D eigenvalue weighted by atomic mass is 10.0. The molecule has 0 heterocycles. The van der Waals surface area contributed by atoms with Crippen LogP contribution in [0.2, 0.25) is 0 Å². The summed E-state index contributed by atoms with van der Waals surface area (Å²) in [4.78, 5) is 28.2. The fraction of sp³-hybridized carbons (Fsp3) is 0.440. The molecule has 0 radical (unpaired) electrons. The van der Waals surface area contributed by atoms with Gasteiger partial charge in [0.1, 0.15) is 6.04 Å². The molecule has 0 spiro atoms. The molecule has 1 atom stereocenters. The van der Waals surface area contributed by atoms with Crippen LogP contribution in [0.5, 0.6) is 0 Å². The third-order valence-corrected chi connectivity index (χ3v) is 6.45. The van der Waals surface area contributed by atoms with E-state index in [1.807, 2.05) is 50.2 Å². The molecular formula is C25H35N3O5S. The molecule has 1 N–H and O–H groups in total. The predicted molar refractivity (Wildman–Crippen MR) is 132 cm³/mol. The number of sulfonamides is 1. The molecular weight excluding hydrogens is 454 g/mol. The number of rotatable bonds is 13. The van der Waals surface area contributed by atoms with E-state index in [2.05, 4.69) is 5.32 Å². The summed E-state index contributed by atoms with van der Waals surface area (Å²) in [6.45, 7) is 4.59. The highest BCUT2D eigenvalue weighted by molar-refractivity contribution is 7.88. The van der Waals surface area contributed by atoms with Crippen molar-refractivity contribution in [2.75, 3.05) is 33.0 Å². The van der Waals surface area contributed by atoms with Crippen molar-refractivity contribution in [2.24, 2.45) is 0 Å². The zero-order valence-corrected chi connectivity index (χ0v) is 21.1. The summed E-state index contributed by atoms with van der Waals surface area (Å²) < 4.78 is 30.4. The summed E-state index contributed by atoms with van der Waals surface area (Å²) in [7, 11) is -2.22. The first-order valence-electron chi connectivity index (χ1n) is 11.3. The molecule has 2 amide bonds. The average molecular weight is 490 g/mol. The van der Waals surface area contributed by atoms with E-state index >= 15 is 0 Å². The van der Waals surface area contributed by atoms with E-state index in [0.29, 0.717) is 25.1 Å². The average Bonchev–Trinajstić information content (AvgIpc) is 2.79. The lowest BCUT2D eigenvalue weighted by molar-refractivity contribution is -0.141. The van der Waals surface area contributed by atoms with E-state index < -0.39 is 22.0 Å². The molecule has 9 heteroatoms. The number of ether oxygens (including phenoxy) is 1. The lowest BCUT2D eigenvalue weighted by Gasteiger charge is -2.32. The Kier molecular flexibility index (Phi) is 10.7. The Morgan fingerprint density at radius 3 is 2.15 bits per heavy atom. The van der Waals surface area contributed by atoms with Crippen molar-refractivity contribution in [1.82, 2.24) is 14.5 Å². The van der Waals surface area contributed by atoms with Crippen LogP contribution in [-0.4, -0.2) is 68.5 Å². The molecule has 2 rings (SSSR count). The van der Waals surface area contributed by atoms with Crippen molar-refractivity contribution in [1.29, 1.82) is 0 Å². The summed E-state index contributed by atoms with van der Waals surface area (Å²) >= 11 is 0. The fourth-order valence-electron chi connectivity index (χ4n) is 3.31. The predicted octanol–water partition coefficient (Wildman–Crippen LogP) is 2.58. The van der Waals surface area contributed by atoms with Crippen LogP contribution in [0, 0.1) is 0 Å². The van der Waals surface area contributed by atoms with Gasteiger partial charge in [0.2, 0.25) is 21.8 Å². The van der Waals surface area contributed by atoms with E-state index in [-0.39, 0.29) is 25.1 Å². The second-order valence-electron chi connectivity index (χ2n) is 8.40. The van der Waals surface area contributed by atoms with Gasteiger partial charge < -0.3 is 15.0 Å². The Bertz CT molecular complexity index is 1010. The summed E-state index contributed by atoms with van der Waals surface area (Å²) in [5, 5.41) is 2.91. The van der Waals surface area contributed by atoms with E-state index in [9.17, 15) is 18.0 Å². The highest BCUT2D eigenvalue weighted by Crippen LogP contribution is 2.24. The molecule has 0 aromatic heterocycles. The van der Waals surface area contributed by atoms with Crippen LogP contribution in [0.15, 0.2) is 60.7 Å². The molecule has 8 nitrogen and oxygen atoms in total. The Hall–Kier alpha value is -2.75. The van der Waals surface area contributed by atoms with Crippen molar-refractivity contribution < 1.29 is 22.7 Å². The van der Waals surface area contributed by atoms with Gasteiger partial charge in [-0.2, -0.15) is 4.31 Å². The molecule has 34 heavy (non-hydrogen) atoms. The maximum Gasteiger partial charge on any atom is 0.247 e.